The van der Waals surface area contributed by atoms with Crippen LogP contribution in [0.3, 0.4) is 0 Å². The van der Waals surface area contributed by atoms with Gasteiger partial charge in [0.2, 0.25) is 0 Å². The number of nitrogens with zero attached hydrogens (tertiary/aromatic N) is 3. The van der Waals surface area contributed by atoms with Crippen LogP contribution in [0.4, 0.5) is 0 Å². The first kappa shape index (κ1) is 13.2. The molecule has 2 heterocycles. The van der Waals surface area contributed by atoms with Gasteiger partial charge < -0.3 is 5.32 Å². The van der Waals surface area contributed by atoms with Crippen LogP contribution in [0.1, 0.15) is 30.3 Å². The lowest BCUT2D eigenvalue weighted by molar-refractivity contribution is 0.0935. The van der Waals surface area contributed by atoms with Crippen LogP contribution in [0.5, 0.6) is 0 Å². The van der Waals surface area contributed by atoms with Gasteiger partial charge in [0, 0.05) is 12.6 Å². The molecule has 0 aliphatic carbocycles. The van der Waals surface area contributed by atoms with E-state index in [1.54, 1.807) is 12.1 Å². The predicted molar refractivity (Wildman–Crippen MR) is 69.6 cm³/mol. The van der Waals surface area contributed by atoms with Crippen LogP contribution in [-0.2, 0) is 0 Å². The van der Waals surface area contributed by atoms with Crippen molar-refractivity contribution >= 4 is 17.5 Å². The smallest absolute Gasteiger partial charge is 0.271 e. The Balaban J connectivity index is 1.86. The summed E-state index contributed by atoms with van der Waals surface area (Å²) in [7, 11) is 0. The normalized spacial score (nSPS) is 20.0. The molecule has 1 unspecified atom stereocenters. The summed E-state index contributed by atoms with van der Waals surface area (Å²) in [5.74, 6) is -0.192. The first-order valence-electron chi connectivity index (χ1n) is 6.22. The molecular weight excluding hydrogens is 252 g/mol. The zero-order valence-electron chi connectivity index (χ0n) is 10.4. The number of amides is 1. The molecule has 1 N–H and O–H groups in total. The van der Waals surface area contributed by atoms with E-state index in [0.29, 0.717) is 23.4 Å². The Morgan fingerprint density at radius 1 is 1.56 bits per heavy atom. The van der Waals surface area contributed by atoms with Crippen molar-refractivity contribution in [1.82, 2.24) is 20.4 Å². The lowest BCUT2D eigenvalue weighted by atomic mass is 10.2. The van der Waals surface area contributed by atoms with Crippen LogP contribution in [0.25, 0.3) is 0 Å². The molecule has 1 aliphatic rings. The molecule has 0 saturated carbocycles. The number of hydrogen-bond donors (Lipinski definition) is 1. The zero-order valence-corrected chi connectivity index (χ0v) is 11.2. The fourth-order valence-electron chi connectivity index (χ4n) is 2.28. The van der Waals surface area contributed by atoms with Crippen LogP contribution in [0.15, 0.2) is 12.1 Å². The van der Waals surface area contributed by atoms with E-state index < -0.39 is 0 Å². The minimum atomic E-state index is -0.192. The second-order valence-corrected chi connectivity index (χ2v) is 4.76. The number of aromatic nitrogens is 2. The molecule has 1 amide bonds. The third-order valence-corrected chi connectivity index (χ3v) is 3.47. The van der Waals surface area contributed by atoms with Crippen LogP contribution < -0.4 is 5.32 Å². The monoisotopic (exact) mass is 268 g/mol. The number of carbonyl (C=O) groups excluding carboxylic acids is 1. The lowest BCUT2D eigenvalue weighted by Gasteiger charge is -2.22. The van der Waals surface area contributed by atoms with Crippen LogP contribution >= 0.6 is 11.6 Å². The molecule has 0 radical (unpaired) electrons. The minimum absolute atomic E-state index is 0.192. The van der Waals surface area contributed by atoms with E-state index in [1.165, 1.54) is 6.42 Å². The highest BCUT2D eigenvalue weighted by molar-refractivity contribution is 6.29. The van der Waals surface area contributed by atoms with Crippen LogP contribution in [0, 0.1) is 0 Å². The average molecular weight is 269 g/mol. The number of hydrogen-bond acceptors (Lipinski definition) is 4. The number of likely N-dealkylation sites (tertiary alicyclic amines) is 1. The topological polar surface area (TPSA) is 58.1 Å². The third kappa shape index (κ3) is 3.17. The summed E-state index contributed by atoms with van der Waals surface area (Å²) >= 11 is 5.62. The molecule has 0 spiro atoms. The first-order valence-corrected chi connectivity index (χ1v) is 6.60. The highest BCUT2D eigenvalue weighted by Gasteiger charge is 2.23. The van der Waals surface area contributed by atoms with Crippen molar-refractivity contribution in [3.63, 3.8) is 0 Å². The quantitative estimate of drug-likeness (QED) is 0.895. The maximum absolute atomic E-state index is 11.8. The number of rotatable bonds is 4. The molecule has 18 heavy (non-hydrogen) atoms. The Morgan fingerprint density at radius 2 is 2.39 bits per heavy atom. The summed E-state index contributed by atoms with van der Waals surface area (Å²) in [6.45, 7) is 4.96. The van der Waals surface area contributed by atoms with Gasteiger partial charge in [-0.05, 0) is 38.1 Å². The SMILES string of the molecule is CCN1CCCC1CNC(=O)c1ccc(Cl)nn1. The Bertz CT molecular complexity index is 409. The molecule has 0 bridgehead atoms. The first-order chi connectivity index (χ1) is 8.70. The van der Waals surface area contributed by atoms with Crippen molar-refractivity contribution in [2.75, 3.05) is 19.6 Å². The van der Waals surface area contributed by atoms with Crippen molar-refractivity contribution in [3.05, 3.63) is 23.0 Å². The lowest BCUT2D eigenvalue weighted by Crippen LogP contribution is -2.40. The van der Waals surface area contributed by atoms with Gasteiger partial charge in [0.05, 0.1) is 0 Å². The maximum atomic E-state index is 11.8. The number of likely N-dealkylation sites (N-methyl/N-ethyl adjacent to an activating group) is 1. The summed E-state index contributed by atoms with van der Waals surface area (Å²) < 4.78 is 0. The molecule has 1 fully saturated rings. The Morgan fingerprint density at radius 3 is 3.06 bits per heavy atom. The van der Waals surface area contributed by atoms with Gasteiger partial charge >= 0.3 is 0 Å². The van der Waals surface area contributed by atoms with E-state index in [9.17, 15) is 4.79 Å². The summed E-state index contributed by atoms with van der Waals surface area (Å²) in [5, 5.41) is 10.6. The Hall–Kier alpha value is -1.20. The summed E-state index contributed by atoms with van der Waals surface area (Å²) in [5.41, 5.74) is 0.306. The van der Waals surface area contributed by atoms with Crippen LogP contribution in [0.2, 0.25) is 5.15 Å². The molecule has 98 valence electrons. The molecule has 2 rings (SSSR count). The molecular formula is C12H17ClN4O. The fraction of sp³-hybridized carbons (Fsp3) is 0.583. The molecule has 1 saturated heterocycles. The fourth-order valence-corrected chi connectivity index (χ4v) is 2.38. The summed E-state index contributed by atoms with van der Waals surface area (Å²) in [6, 6.07) is 3.59. The van der Waals surface area contributed by atoms with E-state index in [4.69, 9.17) is 11.6 Å². The largest absolute Gasteiger partial charge is 0.349 e. The van der Waals surface area contributed by atoms with Gasteiger partial charge in [-0.3, -0.25) is 9.69 Å². The Labute approximate surface area is 112 Å². The molecule has 0 aromatic carbocycles. The average Bonchev–Trinajstić information content (AvgIpc) is 2.84. The van der Waals surface area contributed by atoms with Gasteiger partial charge in [-0.15, -0.1) is 10.2 Å². The maximum Gasteiger partial charge on any atom is 0.271 e. The third-order valence-electron chi connectivity index (χ3n) is 3.27. The highest BCUT2D eigenvalue weighted by atomic mass is 35.5. The van der Waals surface area contributed by atoms with E-state index in [-0.39, 0.29) is 5.91 Å². The van der Waals surface area contributed by atoms with E-state index >= 15 is 0 Å². The number of halogens is 1. The van der Waals surface area contributed by atoms with Crippen molar-refractivity contribution in [2.45, 2.75) is 25.8 Å². The van der Waals surface area contributed by atoms with Crippen molar-refractivity contribution in [3.8, 4) is 0 Å². The summed E-state index contributed by atoms with van der Waals surface area (Å²) in [4.78, 5) is 14.2. The predicted octanol–water partition coefficient (Wildman–Crippen LogP) is 1.34. The van der Waals surface area contributed by atoms with E-state index in [2.05, 4.69) is 27.3 Å². The van der Waals surface area contributed by atoms with Gasteiger partial charge in [0.1, 0.15) is 0 Å². The molecule has 1 aromatic heterocycles. The molecule has 5 nitrogen and oxygen atoms in total. The van der Waals surface area contributed by atoms with Crippen molar-refractivity contribution in [2.24, 2.45) is 0 Å². The van der Waals surface area contributed by atoms with Gasteiger partial charge in [-0.25, -0.2) is 0 Å². The number of carbonyl (C=O) groups is 1. The van der Waals surface area contributed by atoms with Gasteiger partial charge in [-0.1, -0.05) is 18.5 Å². The van der Waals surface area contributed by atoms with Gasteiger partial charge in [-0.2, -0.15) is 0 Å². The van der Waals surface area contributed by atoms with Crippen LogP contribution in [-0.4, -0.2) is 46.7 Å². The molecule has 1 aromatic rings. The standard InChI is InChI=1S/C12H17ClN4O/c1-2-17-7-3-4-9(17)8-14-12(18)10-5-6-11(13)16-15-10/h5-6,9H,2-4,7-8H2,1H3,(H,14,18). The second-order valence-electron chi connectivity index (χ2n) is 4.38. The van der Waals surface area contributed by atoms with Gasteiger partial charge in [0.15, 0.2) is 10.8 Å². The van der Waals surface area contributed by atoms with Crippen molar-refractivity contribution in [1.29, 1.82) is 0 Å². The van der Waals surface area contributed by atoms with E-state index in [1.807, 2.05) is 0 Å². The molecule has 6 heteroatoms. The zero-order chi connectivity index (χ0) is 13.0. The number of nitrogens with one attached hydrogen (secondary N) is 1. The molecule has 1 aliphatic heterocycles. The van der Waals surface area contributed by atoms with Crippen molar-refractivity contribution < 1.29 is 4.79 Å². The Kier molecular flexibility index (Phi) is 4.49. The summed E-state index contributed by atoms with van der Waals surface area (Å²) in [6.07, 6.45) is 2.34. The van der Waals surface area contributed by atoms with Gasteiger partial charge in [0.25, 0.3) is 5.91 Å². The minimum Gasteiger partial charge on any atom is -0.349 e. The second kappa shape index (κ2) is 6.11. The highest BCUT2D eigenvalue weighted by Crippen LogP contribution is 2.15. The van der Waals surface area contributed by atoms with E-state index in [0.717, 1.165) is 19.5 Å². The molecule has 1 atom stereocenters.